The number of thioether (sulfide) groups is 1. The maximum Gasteiger partial charge on any atom is 0.154 e. The van der Waals surface area contributed by atoms with Crippen LogP contribution in [-0.4, -0.2) is 16.5 Å². The molecule has 3 heteroatoms. The van der Waals surface area contributed by atoms with Gasteiger partial charge in [0, 0.05) is 5.25 Å². The smallest absolute Gasteiger partial charge is 0.154 e. The summed E-state index contributed by atoms with van der Waals surface area (Å²) in [5.41, 5.74) is 5.61. The molecule has 0 radical (unpaired) electrons. The first-order chi connectivity index (χ1) is 4.86. The van der Waals surface area contributed by atoms with Gasteiger partial charge >= 0.3 is 0 Å². The molecule has 0 amide bonds. The van der Waals surface area contributed by atoms with Crippen molar-refractivity contribution < 1.29 is 0 Å². The third kappa shape index (κ3) is 1.03. The molecule has 2 atom stereocenters. The Morgan fingerprint density at radius 2 is 2.20 bits per heavy atom. The summed E-state index contributed by atoms with van der Waals surface area (Å²) in [6.45, 7) is 0. The highest BCUT2D eigenvalue weighted by molar-refractivity contribution is 8.14. The van der Waals surface area contributed by atoms with Gasteiger partial charge in [-0.05, 0) is 12.8 Å². The summed E-state index contributed by atoms with van der Waals surface area (Å²) in [5, 5.41) is 1.55. The second-order valence-corrected chi connectivity index (χ2v) is 4.23. The lowest BCUT2D eigenvalue weighted by atomic mass is 9.96. The first kappa shape index (κ1) is 6.53. The van der Waals surface area contributed by atoms with Gasteiger partial charge in [-0.1, -0.05) is 24.6 Å². The van der Waals surface area contributed by atoms with Crippen LogP contribution in [0.5, 0.6) is 0 Å². The van der Waals surface area contributed by atoms with Crippen LogP contribution in [0, 0.1) is 0 Å². The summed E-state index contributed by atoms with van der Waals surface area (Å²) in [4.78, 5) is 4.37. The van der Waals surface area contributed by atoms with Crippen LogP contribution >= 0.6 is 11.8 Å². The molecule has 0 aromatic heterocycles. The van der Waals surface area contributed by atoms with Crippen molar-refractivity contribution in [2.24, 2.45) is 10.7 Å². The van der Waals surface area contributed by atoms with Crippen LogP contribution in [0.15, 0.2) is 4.99 Å². The molecule has 10 heavy (non-hydrogen) atoms. The number of hydrogen-bond acceptors (Lipinski definition) is 3. The molecule has 1 fully saturated rings. The first-order valence-corrected chi connectivity index (χ1v) is 4.74. The first-order valence-electron chi connectivity index (χ1n) is 3.86. The van der Waals surface area contributed by atoms with Crippen molar-refractivity contribution in [3.05, 3.63) is 0 Å². The monoisotopic (exact) mass is 156 g/mol. The van der Waals surface area contributed by atoms with Crippen molar-refractivity contribution in [3.8, 4) is 0 Å². The second kappa shape index (κ2) is 2.46. The Bertz CT molecular complexity index is 167. The molecule has 2 N–H and O–H groups in total. The molecule has 1 aliphatic heterocycles. The number of fused-ring (bicyclic) bond motifs is 1. The maximum atomic E-state index is 5.61. The van der Waals surface area contributed by atoms with Gasteiger partial charge in [0.2, 0.25) is 0 Å². The van der Waals surface area contributed by atoms with Crippen LogP contribution < -0.4 is 5.73 Å². The molecule has 1 saturated carbocycles. The summed E-state index contributed by atoms with van der Waals surface area (Å²) in [6.07, 6.45) is 5.30. The Hall–Kier alpha value is -0.180. The van der Waals surface area contributed by atoms with Crippen LogP contribution in [0.25, 0.3) is 0 Å². The minimum absolute atomic E-state index is 0.568. The molecule has 1 heterocycles. The maximum absolute atomic E-state index is 5.61. The molecule has 2 nitrogen and oxygen atoms in total. The van der Waals surface area contributed by atoms with Crippen LogP contribution in [0.3, 0.4) is 0 Å². The largest absolute Gasteiger partial charge is 0.379 e. The predicted octanol–water partition coefficient (Wildman–Crippen LogP) is 1.36. The molecule has 56 valence electrons. The lowest BCUT2D eigenvalue weighted by Crippen LogP contribution is -2.21. The molecule has 2 rings (SSSR count). The summed E-state index contributed by atoms with van der Waals surface area (Å²) >= 11 is 1.78. The number of rotatable bonds is 0. The van der Waals surface area contributed by atoms with Crippen molar-refractivity contribution in [1.29, 1.82) is 0 Å². The van der Waals surface area contributed by atoms with Gasteiger partial charge in [-0.15, -0.1) is 0 Å². The molecule has 0 spiro atoms. The minimum Gasteiger partial charge on any atom is -0.379 e. The van der Waals surface area contributed by atoms with Gasteiger partial charge in [0.05, 0.1) is 6.04 Å². The quantitative estimate of drug-likeness (QED) is 0.575. The summed E-state index contributed by atoms with van der Waals surface area (Å²) < 4.78 is 0. The number of hydrogen-bond donors (Lipinski definition) is 1. The zero-order valence-electron chi connectivity index (χ0n) is 5.92. The summed E-state index contributed by atoms with van der Waals surface area (Å²) in [5.74, 6) is 0. The molecular weight excluding hydrogens is 144 g/mol. The fourth-order valence-electron chi connectivity index (χ4n) is 1.71. The van der Waals surface area contributed by atoms with Crippen LogP contribution in [0.1, 0.15) is 25.7 Å². The number of amidine groups is 1. The van der Waals surface area contributed by atoms with Gasteiger partial charge in [0.1, 0.15) is 0 Å². The van der Waals surface area contributed by atoms with Crippen molar-refractivity contribution in [2.45, 2.75) is 37.0 Å². The van der Waals surface area contributed by atoms with E-state index < -0.39 is 0 Å². The van der Waals surface area contributed by atoms with Gasteiger partial charge in [0.15, 0.2) is 5.17 Å². The minimum atomic E-state index is 0.568. The third-order valence-corrected chi connectivity index (χ3v) is 3.43. The van der Waals surface area contributed by atoms with E-state index in [2.05, 4.69) is 4.99 Å². The third-order valence-electron chi connectivity index (χ3n) is 2.23. The van der Waals surface area contributed by atoms with E-state index in [-0.39, 0.29) is 0 Å². The van der Waals surface area contributed by atoms with E-state index in [0.29, 0.717) is 6.04 Å². The van der Waals surface area contributed by atoms with Crippen molar-refractivity contribution in [3.63, 3.8) is 0 Å². The van der Waals surface area contributed by atoms with E-state index in [9.17, 15) is 0 Å². The fraction of sp³-hybridized carbons (Fsp3) is 0.857. The molecule has 0 aromatic carbocycles. The average molecular weight is 156 g/mol. The molecular formula is C7H12N2S. The highest BCUT2D eigenvalue weighted by Gasteiger charge is 2.30. The van der Waals surface area contributed by atoms with Crippen molar-refractivity contribution in [1.82, 2.24) is 0 Å². The van der Waals surface area contributed by atoms with E-state index in [4.69, 9.17) is 5.73 Å². The van der Waals surface area contributed by atoms with Gasteiger partial charge in [-0.25, -0.2) is 0 Å². The molecule has 0 aromatic rings. The summed E-state index contributed by atoms with van der Waals surface area (Å²) in [7, 11) is 0. The number of nitrogens with two attached hydrogens (primary N) is 1. The summed E-state index contributed by atoms with van der Waals surface area (Å²) in [6, 6.07) is 0.568. The van der Waals surface area contributed by atoms with E-state index in [1.807, 2.05) is 0 Å². The normalized spacial score (nSPS) is 39.0. The lowest BCUT2D eigenvalue weighted by Gasteiger charge is -2.21. The highest BCUT2D eigenvalue weighted by Crippen LogP contribution is 2.35. The van der Waals surface area contributed by atoms with Gasteiger partial charge in [-0.2, -0.15) is 0 Å². The second-order valence-electron chi connectivity index (χ2n) is 2.98. The fourth-order valence-corrected chi connectivity index (χ4v) is 2.86. The molecule has 0 unspecified atom stereocenters. The highest BCUT2D eigenvalue weighted by atomic mass is 32.2. The standard InChI is InChI=1S/C7H12N2S/c8-7-9-5-3-1-2-4-6(5)10-7/h5-6H,1-4H2,(H2,8,9)/t5-,6+/m1/s1. The molecule has 0 saturated heterocycles. The average Bonchev–Trinajstić information content (AvgIpc) is 2.27. The topological polar surface area (TPSA) is 38.4 Å². The van der Waals surface area contributed by atoms with Crippen LogP contribution in [-0.2, 0) is 0 Å². The van der Waals surface area contributed by atoms with Gasteiger partial charge < -0.3 is 5.73 Å². The Balaban J connectivity index is 2.06. The molecule has 0 bridgehead atoms. The van der Waals surface area contributed by atoms with Gasteiger partial charge in [0.25, 0.3) is 0 Å². The van der Waals surface area contributed by atoms with Crippen LogP contribution in [0.2, 0.25) is 0 Å². The number of nitrogens with zero attached hydrogens (tertiary/aromatic N) is 1. The SMILES string of the molecule is NC1=N[C@@H]2CCCC[C@@H]2S1. The Morgan fingerprint density at radius 1 is 1.40 bits per heavy atom. The Kier molecular flexibility index (Phi) is 1.60. The van der Waals surface area contributed by atoms with Crippen molar-refractivity contribution >= 4 is 16.9 Å². The molecule has 1 aliphatic carbocycles. The van der Waals surface area contributed by atoms with Gasteiger partial charge in [-0.3, -0.25) is 4.99 Å². The van der Waals surface area contributed by atoms with Crippen LogP contribution in [0.4, 0.5) is 0 Å². The van der Waals surface area contributed by atoms with E-state index in [1.165, 1.54) is 25.7 Å². The van der Waals surface area contributed by atoms with E-state index in [0.717, 1.165) is 10.4 Å². The number of aliphatic imine (C=N–C) groups is 1. The Labute approximate surface area is 65.3 Å². The zero-order valence-corrected chi connectivity index (χ0v) is 6.73. The Morgan fingerprint density at radius 3 is 3.00 bits per heavy atom. The molecule has 2 aliphatic rings. The van der Waals surface area contributed by atoms with Crippen molar-refractivity contribution in [2.75, 3.05) is 0 Å². The zero-order chi connectivity index (χ0) is 6.97. The predicted molar refractivity (Wildman–Crippen MR) is 45.3 cm³/mol. The van der Waals surface area contributed by atoms with E-state index in [1.54, 1.807) is 11.8 Å². The lowest BCUT2D eigenvalue weighted by molar-refractivity contribution is 0.461. The van der Waals surface area contributed by atoms with E-state index >= 15 is 0 Å².